The summed E-state index contributed by atoms with van der Waals surface area (Å²) in [5.74, 6) is -0.912. The smallest absolute Gasteiger partial charge is 0.329 e. The van der Waals surface area contributed by atoms with Crippen molar-refractivity contribution < 1.29 is 17.7 Å². The van der Waals surface area contributed by atoms with Gasteiger partial charge in [-0.25, -0.2) is 0 Å². The van der Waals surface area contributed by atoms with Crippen LogP contribution >= 0.6 is 0 Å². The van der Waals surface area contributed by atoms with Gasteiger partial charge in [0, 0.05) is 11.3 Å². The second-order valence-electron chi connectivity index (χ2n) is 5.50. The lowest BCUT2D eigenvalue weighted by Gasteiger charge is -2.04. The number of alkyl halides is 3. The van der Waals surface area contributed by atoms with Gasteiger partial charge in [0.1, 0.15) is 0 Å². The van der Waals surface area contributed by atoms with Crippen molar-refractivity contribution in [2.45, 2.75) is 32.5 Å². The fourth-order valence-corrected chi connectivity index (χ4v) is 2.36. The van der Waals surface area contributed by atoms with Crippen LogP contribution in [0.3, 0.4) is 0 Å². The molecule has 1 aliphatic rings. The largest absolute Gasteiger partial charge is 0.471 e. The van der Waals surface area contributed by atoms with Gasteiger partial charge in [0.15, 0.2) is 0 Å². The van der Waals surface area contributed by atoms with Crippen LogP contribution in [0.2, 0.25) is 0 Å². The normalized spacial score (nSPS) is 22.0. The van der Waals surface area contributed by atoms with Gasteiger partial charge in [-0.15, -0.1) is 0 Å². The van der Waals surface area contributed by atoms with Gasteiger partial charge >= 0.3 is 12.1 Å². The Balaban J connectivity index is 1.83. The molecule has 0 saturated carbocycles. The van der Waals surface area contributed by atoms with Crippen molar-refractivity contribution in [1.29, 1.82) is 0 Å². The maximum atomic E-state index is 12.4. The highest BCUT2D eigenvalue weighted by Gasteiger charge is 2.38. The van der Waals surface area contributed by atoms with Crippen LogP contribution in [0.1, 0.15) is 31.7 Å². The minimum absolute atomic E-state index is 0.0750. The molecule has 0 spiro atoms. The maximum Gasteiger partial charge on any atom is 0.471 e. The molecule has 0 N–H and O–H groups in total. The Kier molecular flexibility index (Phi) is 3.50. The Hall–Kier alpha value is -2.18. The molecule has 0 aliphatic carbocycles. The van der Waals surface area contributed by atoms with Crippen LogP contribution in [-0.2, 0) is 6.18 Å². The summed E-state index contributed by atoms with van der Waals surface area (Å²) in [5.41, 5.74) is 2.47. The summed E-state index contributed by atoms with van der Waals surface area (Å²) in [6.45, 7) is 4.22. The van der Waals surface area contributed by atoms with Crippen LogP contribution in [0.5, 0.6) is 0 Å². The summed E-state index contributed by atoms with van der Waals surface area (Å²) in [5, 5.41) is 3.37. The van der Waals surface area contributed by atoms with E-state index in [0.29, 0.717) is 17.5 Å². The van der Waals surface area contributed by atoms with Gasteiger partial charge in [0.2, 0.25) is 5.82 Å². The second kappa shape index (κ2) is 5.23. The predicted octanol–water partition coefficient (Wildman–Crippen LogP) is 3.97. The summed E-state index contributed by atoms with van der Waals surface area (Å²) in [7, 11) is 0. The highest BCUT2D eigenvalue weighted by atomic mass is 19.4. The van der Waals surface area contributed by atoms with E-state index in [2.05, 4.69) is 33.5 Å². The Bertz CT molecular complexity index is 704. The quantitative estimate of drug-likeness (QED) is 0.843. The first kappa shape index (κ1) is 14.7. The standard InChI is InChI=1S/C15H14F3N3O/c1-8-7-12(19-9(8)2)10-3-5-11(6-4-10)13-20-14(22-21-13)15(16,17)18/h3-6,8-9H,7H2,1-2H3. The van der Waals surface area contributed by atoms with Crippen molar-refractivity contribution in [3.63, 3.8) is 0 Å². The minimum atomic E-state index is -4.63. The molecule has 2 heterocycles. The molecule has 0 saturated heterocycles. The number of rotatable bonds is 2. The summed E-state index contributed by atoms with van der Waals surface area (Å²) >= 11 is 0. The van der Waals surface area contributed by atoms with Gasteiger partial charge in [-0.3, -0.25) is 4.99 Å². The van der Waals surface area contributed by atoms with E-state index in [1.54, 1.807) is 12.1 Å². The van der Waals surface area contributed by atoms with E-state index < -0.39 is 12.1 Å². The van der Waals surface area contributed by atoms with Gasteiger partial charge < -0.3 is 4.52 Å². The van der Waals surface area contributed by atoms with E-state index in [-0.39, 0.29) is 5.82 Å². The van der Waals surface area contributed by atoms with E-state index in [1.165, 1.54) is 0 Å². The summed E-state index contributed by atoms with van der Waals surface area (Å²) in [6, 6.07) is 7.29. The predicted molar refractivity (Wildman–Crippen MR) is 74.5 cm³/mol. The zero-order valence-corrected chi connectivity index (χ0v) is 12.1. The van der Waals surface area contributed by atoms with Crippen molar-refractivity contribution in [3.8, 4) is 11.4 Å². The topological polar surface area (TPSA) is 51.3 Å². The zero-order valence-electron chi connectivity index (χ0n) is 12.1. The summed E-state index contributed by atoms with van der Waals surface area (Å²) < 4.78 is 41.6. The fourth-order valence-electron chi connectivity index (χ4n) is 2.36. The third-order valence-corrected chi connectivity index (χ3v) is 3.84. The van der Waals surface area contributed by atoms with Crippen LogP contribution in [0.15, 0.2) is 33.8 Å². The molecule has 4 nitrogen and oxygen atoms in total. The lowest BCUT2D eigenvalue weighted by Crippen LogP contribution is -2.05. The molecular weight excluding hydrogens is 295 g/mol. The molecule has 0 bridgehead atoms. The van der Waals surface area contributed by atoms with Crippen LogP contribution in [0.25, 0.3) is 11.4 Å². The van der Waals surface area contributed by atoms with E-state index in [1.807, 2.05) is 12.1 Å². The molecule has 7 heteroatoms. The van der Waals surface area contributed by atoms with Crippen LogP contribution in [-0.4, -0.2) is 21.9 Å². The Labute approximate surface area is 125 Å². The average molecular weight is 309 g/mol. The van der Waals surface area contributed by atoms with E-state index in [4.69, 9.17) is 0 Å². The number of benzene rings is 1. The SMILES string of the molecule is CC1CC(c2ccc(-c3noc(C(F)(F)F)n3)cc2)=NC1C. The summed E-state index contributed by atoms with van der Waals surface area (Å²) in [6.07, 6.45) is -3.73. The molecule has 2 aromatic rings. The summed E-state index contributed by atoms with van der Waals surface area (Å²) in [4.78, 5) is 7.97. The first-order chi connectivity index (χ1) is 10.3. The Morgan fingerprint density at radius 2 is 1.73 bits per heavy atom. The van der Waals surface area contributed by atoms with E-state index in [0.717, 1.165) is 17.7 Å². The third kappa shape index (κ3) is 2.75. The van der Waals surface area contributed by atoms with Crippen molar-refractivity contribution in [1.82, 2.24) is 10.1 Å². The third-order valence-electron chi connectivity index (χ3n) is 3.84. The first-order valence-electron chi connectivity index (χ1n) is 6.93. The number of aliphatic imine (C=N–C) groups is 1. The molecule has 1 aliphatic heterocycles. The molecule has 0 fully saturated rings. The minimum Gasteiger partial charge on any atom is -0.329 e. The van der Waals surface area contributed by atoms with Crippen molar-refractivity contribution in [2.75, 3.05) is 0 Å². The van der Waals surface area contributed by atoms with Gasteiger partial charge in [-0.2, -0.15) is 18.2 Å². The number of hydrogen-bond acceptors (Lipinski definition) is 4. The van der Waals surface area contributed by atoms with Crippen LogP contribution < -0.4 is 0 Å². The molecule has 3 rings (SSSR count). The highest BCUT2D eigenvalue weighted by molar-refractivity contribution is 6.02. The molecule has 22 heavy (non-hydrogen) atoms. The molecule has 0 radical (unpaired) electrons. The highest BCUT2D eigenvalue weighted by Crippen LogP contribution is 2.30. The van der Waals surface area contributed by atoms with E-state index >= 15 is 0 Å². The monoisotopic (exact) mass is 309 g/mol. The lowest BCUT2D eigenvalue weighted by molar-refractivity contribution is -0.159. The van der Waals surface area contributed by atoms with Gasteiger partial charge in [-0.05, 0) is 24.8 Å². The molecule has 1 aromatic carbocycles. The van der Waals surface area contributed by atoms with Crippen molar-refractivity contribution >= 4 is 5.71 Å². The molecule has 116 valence electrons. The number of nitrogens with zero attached hydrogens (tertiary/aromatic N) is 3. The van der Waals surface area contributed by atoms with E-state index in [9.17, 15) is 13.2 Å². The molecule has 1 aromatic heterocycles. The number of hydrogen-bond donors (Lipinski definition) is 0. The Morgan fingerprint density at radius 1 is 1.09 bits per heavy atom. The number of aromatic nitrogens is 2. The second-order valence-corrected chi connectivity index (χ2v) is 5.50. The van der Waals surface area contributed by atoms with Crippen LogP contribution in [0.4, 0.5) is 13.2 Å². The number of halogens is 3. The first-order valence-corrected chi connectivity index (χ1v) is 6.93. The zero-order chi connectivity index (χ0) is 15.9. The maximum absolute atomic E-state index is 12.4. The molecular formula is C15H14F3N3O. The molecule has 0 amide bonds. The lowest BCUT2D eigenvalue weighted by atomic mass is 9.98. The molecule has 2 unspecified atom stereocenters. The molecule has 2 atom stereocenters. The van der Waals surface area contributed by atoms with Crippen LogP contribution in [0, 0.1) is 5.92 Å². The van der Waals surface area contributed by atoms with Gasteiger partial charge in [-0.1, -0.05) is 36.3 Å². The van der Waals surface area contributed by atoms with Gasteiger partial charge in [0.25, 0.3) is 0 Å². The van der Waals surface area contributed by atoms with Gasteiger partial charge in [0.05, 0.1) is 6.04 Å². The van der Waals surface area contributed by atoms with Crippen molar-refractivity contribution in [3.05, 3.63) is 35.7 Å². The fraction of sp³-hybridized carbons (Fsp3) is 0.400. The van der Waals surface area contributed by atoms with Crippen molar-refractivity contribution in [2.24, 2.45) is 10.9 Å². The average Bonchev–Trinajstić information content (AvgIpc) is 3.07. The Morgan fingerprint density at radius 3 is 2.23 bits per heavy atom.